The van der Waals surface area contributed by atoms with Gasteiger partial charge in [-0.15, -0.1) is 11.3 Å². The first-order chi connectivity index (χ1) is 10.3. The van der Waals surface area contributed by atoms with E-state index in [1.165, 1.54) is 5.56 Å². The van der Waals surface area contributed by atoms with Crippen molar-refractivity contribution in [1.82, 2.24) is 19.9 Å². The predicted molar refractivity (Wildman–Crippen MR) is 85.8 cm³/mol. The molecular weight excluding hydrogens is 280 g/mol. The number of hydrogen-bond donors (Lipinski definition) is 1. The quantitative estimate of drug-likeness (QED) is 0.760. The summed E-state index contributed by atoms with van der Waals surface area (Å²) in [4.78, 5) is 8.36. The molecule has 3 aromatic rings. The van der Waals surface area contributed by atoms with Gasteiger partial charge in [-0.25, -0.2) is 9.97 Å². The van der Waals surface area contributed by atoms with Crippen LogP contribution >= 0.6 is 11.3 Å². The van der Waals surface area contributed by atoms with Crippen molar-refractivity contribution in [1.29, 1.82) is 0 Å². The molecule has 0 aliphatic carbocycles. The molecule has 3 rings (SSSR count). The number of nitrogens with one attached hydrogen (secondary N) is 1. The lowest BCUT2D eigenvalue weighted by Gasteiger charge is -2.14. The minimum Gasteiger partial charge on any atom is -0.310 e. The standard InChI is InChI=1S/C16H18N4S/c1-13(18-7-6-15-10-21-12-19-15)14-2-4-16(5-3-14)20-9-8-17-11-20/h2-5,8-13,18H,6-7H2,1H3. The highest BCUT2D eigenvalue weighted by Crippen LogP contribution is 2.15. The lowest BCUT2D eigenvalue weighted by Crippen LogP contribution is -2.21. The summed E-state index contributed by atoms with van der Waals surface area (Å²) in [6, 6.07) is 8.90. The van der Waals surface area contributed by atoms with Crippen LogP contribution in [0.5, 0.6) is 0 Å². The second-order valence-corrected chi connectivity index (χ2v) is 5.69. The maximum atomic E-state index is 4.30. The largest absolute Gasteiger partial charge is 0.310 e. The maximum absolute atomic E-state index is 4.30. The van der Waals surface area contributed by atoms with E-state index in [9.17, 15) is 0 Å². The van der Waals surface area contributed by atoms with Crippen LogP contribution in [0.15, 0.2) is 53.9 Å². The SMILES string of the molecule is CC(NCCc1cscn1)c1ccc(-n2ccnc2)cc1. The molecule has 1 N–H and O–H groups in total. The molecule has 1 unspecified atom stereocenters. The van der Waals surface area contributed by atoms with Gasteiger partial charge in [0.25, 0.3) is 0 Å². The number of benzene rings is 1. The fourth-order valence-corrected chi connectivity index (χ4v) is 2.84. The molecule has 0 aliphatic rings. The van der Waals surface area contributed by atoms with Crippen LogP contribution < -0.4 is 5.32 Å². The van der Waals surface area contributed by atoms with Crippen LogP contribution in [0, 0.1) is 0 Å². The molecule has 1 aromatic carbocycles. The smallest absolute Gasteiger partial charge is 0.0991 e. The summed E-state index contributed by atoms with van der Waals surface area (Å²) < 4.78 is 2.00. The predicted octanol–water partition coefficient (Wildman–Crippen LogP) is 3.22. The Kier molecular flexibility index (Phi) is 4.43. The highest BCUT2D eigenvalue weighted by Gasteiger charge is 2.05. The molecular formula is C16H18N4S. The Labute approximate surface area is 128 Å². The summed E-state index contributed by atoms with van der Waals surface area (Å²) in [5.74, 6) is 0. The molecule has 4 nitrogen and oxygen atoms in total. The summed E-state index contributed by atoms with van der Waals surface area (Å²) in [5.41, 5.74) is 5.46. The molecule has 2 heterocycles. The zero-order chi connectivity index (χ0) is 14.5. The molecule has 0 bridgehead atoms. The monoisotopic (exact) mass is 298 g/mol. The summed E-state index contributed by atoms with van der Waals surface area (Å²) in [6.07, 6.45) is 6.52. The first kappa shape index (κ1) is 14.0. The van der Waals surface area contributed by atoms with Crippen molar-refractivity contribution in [3.63, 3.8) is 0 Å². The van der Waals surface area contributed by atoms with Gasteiger partial charge in [0.15, 0.2) is 0 Å². The average Bonchev–Trinajstić information content (AvgIpc) is 3.21. The van der Waals surface area contributed by atoms with Gasteiger partial charge < -0.3 is 9.88 Å². The van der Waals surface area contributed by atoms with E-state index in [2.05, 4.69) is 51.9 Å². The molecule has 0 amide bonds. The van der Waals surface area contributed by atoms with E-state index in [1.807, 2.05) is 22.6 Å². The molecule has 0 aliphatic heterocycles. The van der Waals surface area contributed by atoms with Gasteiger partial charge >= 0.3 is 0 Å². The van der Waals surface area contributed by atoms with Gasteiger partial charge in [0.05, 0.1) is 17.5 Å². The second kappa shape index (κ2) is 6.65. The van der Waals surface area contributed by atoms with Crippen LogP contribution in [0.1, 0.15) is 24.2 Å². The van der Waals surface area contributed by atoms with Crippen LogP contribution in [0.2, 0.25) is 0 Å². The second-order valence-electron chi connectivity index (χ2n) is 4.97. The summed E-state index contributed by atoms with van der Waals surface area (Å²) in [6.45, 7) is 3.13. The van der Waals surface area contributed by atoms with E-state index in [4.69, 9.17) is 0 Å². The highest BCUT2D eigenvalue weighted by atomic mass is 32.1. The third-order valence-corrected chi connectivity index (χ3v) is 4.15. The molecule has 5 heteroatoms. The highest BCUT2D eigenvalue weighted by molar-refractivity contribution is 7.07. The van der Waals surface area contributed by atoms with Crippen molar-refractivity contribution >= 4 is 11.3 Å². The number of nitrogens with zero attached hydrogens (tertiary/aromatic N) is 3. The normalized spacial score (nSPS) is 12.4. The van der Waals surface area contributed by atoms with Crippen LogP contribution in [0.25, 0.3) is 5.69 Å². The fourth-order valence-electron chi connectivity index (χ4n) is 2.24. The van der Waals surface area contributed by atoms with Gasteiger partial charge in [0, 0.05) is 42.5 Å². The molecule has 0 radical (unpaired) electrons. The van der Waals surface area contributed by atoms with Crippen molar-refractivity contribution in [2.45, 2.75) is 19.4 Å². The van der Waals surface area contributed by atoms with Gasteiger partial charge in [0.2, 0.25) is 0 Å². The van der Waals surface area contributed by atoms with Gasteiger partial charge in [-0.05, 0) is 24.6 Å². The van der Waals surface area contributed by atoms with Crippen LogP contribution in [-0.2, 0) is 6.42 Å². The lowest BCUT2D eigenvalue weighted by molar-refractivity contribution is 0.574. The Bertz CT molecular complexity index is 644. The molecule has 108 valence electrons. The van der Waals surface area contributed by atoms with Gasteiger partial charge in [-0.1, -0.05) is 12.1 Å². The van der Waals surface area contributed by atoms with Gasteiger partial charge in [-0.2, -0.15) is 0 Å². The lowest BCUT2D eigenvalue weighted by atomic mass is 10.1. The molecule has 1 atom stereocenters. The Balaban J connectivity index is 1.56. The summed E-state index contributed by atoms with van der Waals surface area (Å²) in [7, 11) is 0. The van der Waals surface area contributed by atoms with E-state index >= 15 is 0 Å². The fraction of sp³-hybridized carbons (Fsp3) is 0.250. The van der Waals surface area contributed by atoms with E-state index in [0.717, 1.165) is 24.3 Å². The topological polar surface area (TPSA) is 42.7 Å². The first-order valence-electron chi connectivity index (χ1n) is 7.01. The molecule has 21 heavy (non-hydrogen) atoms. The van der Waals surface area contributed by atoms with E-state index < -0.39 is 0 Å². The zero-order valence-corrected chi connectivity index (χ0v) is 12.8. The Morgan fingerprint density at radius 1 is 1.29 bits per heavy atom. The van der Waals surface area contributed by atoms with Crippen molar-refractivity contribution in [2.24, 2.45) is 0 Å². The molecule has 0 spiro atoms. The summed E-state index contributed by atoms with van der Waals surface area (Å²) >= 11 is 1.65. The Morgan fingerprint density at radius 2 is 2.14 bits per heavy atom. The maximum Gasteiger partial charge on any atom is 0.0991 e. The number of thiazole rings is 1. The van der Waals surface area contributed by atoms with Crippen molar-refractivity contribution < 1.29 is 0 Å². The van der Waals surface area contributed by atoms with Crippen molar-refractivity contribution in [3.8, 4) is 5.69 Å². The van der Waals surface area contributed by atoms with Crippen LogP contribution in [-0.4, -0.2) is 21.1 Å². The molecule has 0 saturated heterocycles. The number of imidazole rings is 1. The van der Waals surface area contributed by atoms with Gasteiger partial charge in [0.1, 0.15) is 0 Å². The number of rotatable bonds is 6. The van der Waals surface area contributed by atoms with Gasteiger partial charge in [-0.3, -0.25) is 0 Å². The molecule has 0 fully saturated rings. The minimum absolute atomic E-state index is 0.334. The van der Waals surface area contributed by atoms with E-state index in [-0.39, 0.29) is 0 Å². The van der Waals surface area contributed by atoms with Crippen LogP contribution in [0.3, 0.4) is 0 Å². The van der Waals surface area contributed by atoms with Crippen LogP contribution in [0.4, 0.5) is 0 Å². The molecule has 0 saturated carbocycles. The Morgan fingerprint density at radius 3 is 2.81 bits per heavy atom. The summed E-state index contributed by atoms with van der Waals surface area (Å²) in [5, 5.41) is 5.64. The van der Waals surface area contributed by atoms with Crippen molar-refractivity contribution in [3.05, 3.63) is 65.1 Å². The van der Waals surface area contributed by atoms with E-state index in [1.54, 1.807) is 17.5 Å². The third-order valence-electron chi connectivity index (χ3n) is 3.51. The average molecular weight is 298 g/mol. The van der Waals surface area contributed by atoms with Crippen molar-refractivity contribution in [2.75, 3.05) is 6.54 Å². The minimum atomic E-state index is 0.334. The zero-order valence-electron chi connectivity index (χ0n) is 11.9. The van der Waals surface area contributed by atoms with E-state index in [0.29, 0.717) is 6.04 Å². The first-order valence-corrected chi connectivity index (χ1v) is 7.96. The third kappa shape index (κ3) is 3.56. The molecule has 2 aromatic heterocycles. The Hall–Kier alpha value is -1.98. The number of aromatic nitrogens is 3. The number of hydrogen-bond acceptors (Lipinski definition) is 4.